The molecule has 3 bridgehead atoms. The highest BCUT2D eigenvalue weighted by molar-refractivity contribution is 5.63. The first-order valence-corrected chi connectivity index (χ1v) is 10.6. The Morgan fingerprint density at radius 1 is 1.30 bits per heavy atom. The van der Waals surface area contributed by atoms with Gasteiger partial charge in [-0.15, -0.1) is 0 Å². The topological polar surface area (TPSA) is 52.9 Å². The molecule has 6 rings (SSSR count). The fourth-order valence-electron chi connectivity index (χ4n) is 6.82. The van der Waals surface area contributed by atoms with E-state index < -0.39 is 11.0 Å². The third-order valence-electron chi connectivity index (χ3n) is 8.30. The molecule has 2 N–H and O–H groups in total. The number of fused-ring (bicyclic) bond motifs is 2. The van der Waals surface area contributed by atoms with Gasteiger partial charge in [-0.3, -0.25) is 4.90 Å². The Kier molecular flexibility index (Phi) is 3.10. The van der Waals surface area contributed by atoms with Crippen LogP contribution in [0.4, 0.5) is 0 Å². The number of hydrogen-bond donors (Lipinski definition) is 2. The highest BCUT2D eigenvalue weighted by atomic mass is 16.5. The second kappa shape index (κ2) is 5.09. The molecule has 1 aromatic carbocycles. The smallest absolute Gasteiger partial charge is 0.166 e. The number of nitrogens with zero attached hydrogens (tertiary/aromatic N) is 1. The van der Waals surface area contributed by atoms with Crippen molar-refractivity contribution in [2.75, 3.05) is 13.1 Å². The van der Waals surface area contributed by atoms with Crippen LogP contribution < -0.4 is 4.74 Å². The average Bonchev–Trinajstić information content (AvgIpc) is 3.38. The summed E-state index contributed by atoms with van der Waals surface area (Å²) in [4.78, 5) is 2.61. The summed E-state index contributed by atoms with van der Waals surface area (Å²) in [5, 5.41) is 22.7. The SMILES string of the molecule is C=C1CC[C@@H]2CN(CC3CC3)[C@@H]3Cc4ccc(O)c5c4[C@@](C2)([C@H]1O5)[C@]3(C)O. The van der Waals surface area contributed by atoms with Crippen LogP contribution in [0.1, 0.15) is 50.2 Å². The molecular formula is C23H29NO3. The molecule has 3 fully saturated rings. The quantitative estimate of drug-likeness (QED) is 0.789. The fourth-order valence-corrected chi connectivity index (χ4v) is 6.82. The summed E-state index contributed by atoms with van der Waals surface area (Å²) in [6.07, 6.45) is 6.25. The van der Waals surface area contributed by atoms with Crippen molar-refractivity contribution in [3.63, 3.8) is 0 Å². The molecule has 4 heteroatoms. The molecule has 1 saturated heterocycles. The molecule has 2 heterocycles. The molecule has 5 aliphatic rings. The number of rotatable bonds is 2. The zero-order chi connectivity index (χ0) is 18.6. The van der Waals surface area contributed by atoms with Crippen LogP contribution in [0.3, 0.4) is 0 Å². The molecule has 1 aromatic rings. The van der Waals surface area contributed by atoms with Crippen molar-refractivity contribution in [2.45, 2.75) is 68.6 Å². The Labute approximate surface area is 160 Å². The number of aliphatic hydroxyl groups is 1. The third-order valence-corrected chi connectivity index (χ3v) is 8.30. The van der Waals surface area contributed by atoms with Crippen LogP contribution in [0.5, 0.6) is 11.5 Å². The van der Waals surface area contributed by atoms with Crippen molar-refractivity contribution in [2.24, 2.45) is 11.8 Å². The molecule has 5 atom stereocenters. The van der Waals surface area contributed by atoms with Crippen molar-refractivity contribution >= 4 is 0 Å². The molecule has 2 saturated carbocycles. The van der Waals surface area contributed by atoms with E-state index in [4.69, 9.17) is 4.74 Å². The minimum atomic E-state index is -0.902. The molecule has 0 radical (unpaired) electrons. The molecule has 4 nitrogen and oxygen atoms in total. The number of ether oxygens (including phenoxy) is 1. The zero-order valence-corrected chi connectivity index (χ0v) is 16.1. The van der Waals surface area contributed by atoms with Crippen LogP contribution in [0.25, 0.3) is 0 Å². The van der Waals surface area contributed by atoms with E-state index in [0.717, 1.165) is 55.8 Å². The van der Waals surface area contributed by atoms with Gasteiger partial charge >= 0.3 is 0 Å². The number of phenolic OH excluding ortho intramolecular Hbond substituents is 1. The summed E-state index contributed by atoms with van der Waals surface area (Å²) >= 11 is 0. The van der Waals surface area contributed by atoms with Crippen molar-refractivity contribution in [3.05, 3.63) is 35.4 Å². The number of aromatic hydroxyl groups is 1. The Morgan fingerprint density at radius 3 is 2.89 bits per heavy atom. The molecule has 0 amide bonds. The molecule has 0 aromatic heterocycles. The third kappa shape index (κ3) is 1.96. The van der Waals surface area contributed by atoms with E-state index >= 15 is 0 Å². The standard InChI is InChI=1S/C23H29NO3/c1-13-3-4-15-10-23-19-16(7-8-17(25)20(19)27-21(13)23)9-18(22(23,2)26)24(12-15)11-14-5-6-14/h7-8,14-15,18,21,25-26H,1,3-6,9-12H2,2H3/t15-,18+,21-,22+,23-/m0/s1. The van der Waals surface area contributed by atoms with Gasteiger partial charge in [0.2, 0.25) is 0 Å². The largest absolute Gasteiger partial charge is 0.504 e. The van der Waals surface area contributed by atoms with Crippen LogP contribution in [0.2, 0.25) is 0 Å². The molecule has 1 spiro atoms. The fraction of sp³-hybridized carbons (Fsp3) is 0.652. The lowest BCUT2D eigenvalue weighted by Gasteiger charge is -2.53. The van der Waals surface area contributed by atoms with E-state index in [2.05, 4.69) is 17.5 Å². The van der Waals surface area contributed by atoms with Gasteiger partial charge in [-0.05, 0) is 74.5 Å². The van der Waals surface area contributed by atoms with Gasteiger partial charge in [0.1, 0.15) is 6.10 Å². The van der Waals surface area contributed by atoms with Crippen molar-refractivity contribution in [1.29, 1.82) is 0 Å². The van der Waals surface area contributed by atoms with Gasteiger partial charge in [0, 0.05) is 24.7 Å². The summed E-state index contributed by atoms with van der Waals surface area (Å²) in [7, 11) is 0. The van der Waals surface area contributed by atoms with E-state index in [-0.39, 0.29) is 17.9 Å². The van der Waals surface area contributed by atoms with Crippen molar-refractivity contribution < 1.29 is 14.9 Å². The maximum Gasteiger partial charge on any atom is 0.166 e. The Hall–Kier alpha value is -1.52. The van der Waals surface area contributed by atoms with Crippen LogP contribution in [0.15, 0.2) is 24.3 Å². The van der Waals surface area contributed by atoms with Gasteiger partial charge in [0.15, 0.2) is 11.5 Å². The Bertz CT molecular complexity index is 842. The van der Waals surface area contributed by atoms with Crippen LogP contribution in [-0.2, 0) is 11.8 Å². The molecule has 27 heavy (non-hydrogen) atoms. The lowest BCUT2D eigenvalue weighted by Crippen LogP contribution is -2.67. The van der Waals surface area contributed by atoms with Gasteiger partial charge in [-0.2, -0.15) is 0 Å². The maximum absolute atomic E-state index is 12.2. The second-order valence-corrected chi connectivity index (χ2v) is 9.95. The predicted molar refractivity (Wildman–Crippen MR) is 103 cm³/mol. The van der Waals surface area contributed by atoms with E-state index in [1.165, 1.54) is 18.4 Å². The highest BCUT2D eigenvalue weighted by Crippen LogP contribution is 2.64. The minimum Gasteiger partial charge on any atom is -0.504 e. The predicted octanol–water partition coefficient (Wildman–Crippen LogP) is 3.15. The van der Waals surface area contributed by atoms with Crippen molar-refractivity contribution in [1.82, 2.24) is 4.90 Å². The van der Waals surface area contributed by atoms with Gasteiger partial charge in [0.25, 0.3) is 0 Å². The number of likely N-dealkylation sites (tertiary alicyclic amines) is 1. The lowest BCUT2D eigenvalue weighted by molar-refractivity contribution is -0.107. The monoisotopic (exact) mass is 367 g/mol. The summed E-state index contributed by atoms with van der Waals surface area (Å²) in [5.74, 6) is 2.15. The number of hydrogen-bond acceptors (Lipinski definition) is 4. The van der Waals surface area contributed by atoms with Crippen LogP contribution in [0, 0.1) is 11.8 Å². The summed E-state index contributed by atoms with van der Waals surface area (Å²) in [6, 6.07) is 3.93. The summed E-state index contributed by atoms with van der Waals surface area (Å²) < 4.78 is 6.41. The minimum absolute atomic E-state index is 0.100. The average molecular weight is 367 g/mol. The Balaban J connectivity index is 1.61. The van der Waals surface area contributed by atoms with Crippen LogP contribution in [-0.4, -0.2) is 45.9 Å². The molecule has 0 unspecified atom stereocenters. The first-order valence-electron chi connectivity index (χ1n) is 10.6. The van der Waals surface area contributed by atoms with E-state index in [0.29, 0.717) is 11.7 Å². The van der Waals surface area contributed by atoms with Gasteiger partial charge in [-0.1, -0.05) is 12.6 Å². The van der Waals surface area contributed by atoms with E-state index in [1.54, 1.807) is 6.07 Å². The molecule has 3 aliphatic carbocycles. The van der Waals surface area contributed by atoms with E-state index in [1.807, 2.05) is 6.92 Å². The zero-order valence-electron chi connectivity index (χ0n) is 16.1. The van der Waals surface area contributed by atoms with Gasteiger partial charge in [-0.25, -0.2) is 0 Å². The summed E-state index contributed by atoms with van der Waals surface area (Å²) in [5.41, 5.74) is 2.01. The maximum atomic E-state index is 12.2. The molecule has 2 aliphatic heterocycles. The lowest BCUT2D eigenvalue weighted by atomic mass is 9.55. The van der Waals surface area contributed by atoms with Gasteiger partial charge < -0.3 is 14.9 Å². The normalized spacial score (nSPS) is 42.4. The second-order valence-electron chi connectivity index (χ2n) is 9.95. The van der Waals surface area contributed by atoms with Gasteiger partial charge in [0.05, 0.1) is 11.0 Å². The van der Waals surface area contributed by atoms with Crippen LogP contribution >= 0.6 is 0 Å². The highest BCUT2D eigenvalue weighted by Gasteiger charge is 2.69. The molecule has 144 valence electrons. The number of phenols is 1. The first kappa shape index (κ1) is 16.4. The Morgan fingerprint density at radius 2 is 2.11 bits per heavy atom. The molecular weight excluding hydrogens is 338 g/mol. The van der Waals surface area contributed by atoms with E-state index in [9.17, 15) is 10.2 Å². The number of benzene rings is 1. The first-order chi connectivity index (χ1) is 12.9. The van der Waals surface area contributed by atoms with Crippen molar-refractivity contribution in [3.8, 4) is 11.5 Å². The summed E-state index contributed by atoms with van der Waals surface area (Å²) in [6.45, 7) is 8.59.